The Morgan fingerprint density at radius 1 is 1.07 bits per heavy atom. The van der Waals surface area contributed by atoms with Gasteiger partial charge in [0.2, 0.25) is 0 Å². The number of nitrogens with zero attached hydrogens (tertiary/aromatic N) is 1. The first kappa shape index (κ1) is 18.5. The van der Waals surface area contributed by atoms with Crippen LogP contribution < -0.4 is 0 Å². The van der Waals surface area contributed by atoms with Crippen molar-refractivity contribution in [2.24, 2.45) is 17.8 Å². The minimum absolute atomic E-state index is 0.608. The average Bonchev–Trinajstić information content (AvgIpc) is 3.15. The van der Waals surface area contributed by atoms with Crippen molar-refractivity contribution in [1.82, 2.24) is 4.98 Å². The lowest BCUT2D eigenvalue weighted by molar-refractivity contribution is -0.137. The van der Waals surface area contributed by atoms with Crippen LogP contribution in [-0.4, -0.2) is 4.98 Å². The summed E-state index contributed by atoms with van der Waals surface area (Å²) >= 11 is 1.61. The van der Waals surface area contributed by atoms with Gasteiger partial charge in [0.05, 0.1) is 16.3 Å². The summed E-state index contributed by atoms with van der Waals surface area (Å²) in [5.74, 6) is 1.89. The lowest BCUT2D eigenvalue weighted by Gasteiger charge is -2.13. The van der Waals surface area contributed by atoms with E-state index in [1.54, 1.807) is 11.3 Å². The first-order chi connectivity index (χ1) is 12.8. The molecule has 0 N–H and O–H groups in total. The van der Waals surface area contributed by atoms with Gasteiger partial charge in [-0.15, -0.1) is 11.3 Å². The fourth-order valence-corrected chi connectivity index (χ4v) is 5.36. The number of hydrogen-bond donors (Lipinski definition) is 0. The van der Waals surface area contributed by atoms with Crippen molar-refractivity contribution in [1.29, 1.82) is 0 Å². The number of rotatable bonds is 4. The Labute approximate surface area is 161 Å². The van der Waals surface area contributed by atoms with Gasteiger partial charge in [-0.3, -0.25) is 0 Å². The van der Waals surface area contributed by atoms with Gasteiger partial charge in [-0.25, -0.2) is 4.98 Å². The molecule has 3 atom stereocenters. The molecule has 4 rings (SSSR count). The van der Waals surface area contributed by atoms with Crippen LogP contribution in [0.25, 0.3) is 11.3 Å². The predicted molar refractivity (Wildman–Crippen MR) is 103 cm³/mol. The van der Waals surface area contributed by atoms with Gasteiger partial charge in [0.15, 0.2) is 0 Å². The van der Waals surface area contributed by atoms with Gasteiger partial charge in [-0.2, -0.15) is 13.2 Å². The second kappa shape index (κ2) is 6.62. The van der Waals surface area contributed by atoms with E-state index >= 15 is 0 Å². The molecule has 142 valence electrons. The highest BCUT2D eigenvalue weighted by molar-refractivity contribution is 7.09. The maximum atomic E-state index is 12.7. The van der Waals surface area contributed by atoms with Gasteiger partial charge in [-0.05, 0) is 55.7 Å². The topological polar surface area (TPSA) is 12.9 Å². The molecule has 1 saturated carbocycles. The van der Waals surface area contributed by atoms with Crippen LogP contribution >= 0.6 is 11.3 Å². The van der Waals surface area contributed by atoms with E-state index in [1.807, 2.05) is 5.38 Å². The minimum atomic E-state index is -4.30. The summed E-state index contributed by atoms with van der Waals surface area (Å²) in [5.41, 5.74) is 5.35. The average molecular weight is 389 g/mol. The third-order valence-electron chi connectivity index (χ3n) is 5.95. The van der Waals surface area contributed by atoms with E-state index in [0.29, 0.717) is 17.8 Å². The largest absolute Gasteiger partial charge is 0.416 e. The van der Waals surface area contributed by atoms with Crippen molar-refractivity contribution in [2.45, 2.75) is 39.8 Å². The number of allylic oxidation sites excluding steroid dienone is 4. The van der Waals surface area contributed by atoms with E-state index in [-0.39, 0.29) is 0 Å². The van der Waals surface area contributed by atoms with E-state index in [1.165, 1.54) is 28.9 Å². The molecule has 2 aliphatic carbocycles. The van der Waals surface area contributed by atoms with Gasteiger partial charge in [0.25, 0.3) is 0 Å². The number of benzene rings is 1. The number of alkyl halides is 3. The molecule has 1 nitrogen and oxygen atoms in total. The molecule has 1 fully saturated rings. The molecule has 3 unspecified atom stereocenters. The highest BCUT2D eigenvalue weighted by atomic mass is 32.1. The van der Waals surface area contributed by atoms with Crippen molar-refractivity contribution < 1.29 is 13.2 Å². The Bertz CT molecular complexity index is 918. The zero-order valence-corrected chi connectivity index (χ0v) is 16.4. The lowest BCUT2D eigenvalue weighted by Crippen LogP contribution is -2.04. The third-order valence-corrected chi connectivity index (χ3v) is 6.82. The van der Waals surface area contributed by atoms with Crippen LogP contribution in [0.2, 0.25) is 0 Å². The Balaban J connectivity index is 1.49. The fraction of sp³-hybridized carbons (Fsp3) is 0.409. The molecule has 0 saturated heterocycles. The van der Waals surface area contributed by atoms with Crippen molar-refractivity contribution >= 4 is 11.3 Å². The van der Waals surface area contributed by atoms with Gasteiger partial charge < -0.3 is 0 Å². The summed E-state index contributed by atoms with van der Waals surface area (Å²) in [6.45, 7) is 6.70. The van der Waals surface area contributed by atoms with E-state index in [4.69, 9.17) is 4.98 Å². The molecule has 1 aromatic carbocycles. The number of aromatic nitrogens is 1. The molecule has 2 aliphatic rings. The Kier molecular flexibility index (Phi) is 4.53. The smallest absolute Gasteiger partial charge is 0.241 e. The zero-order valence-electron chi connectivity index (χ0n) is 15.6. The van der Waals surface area contributed by atoms with Crippen LogP contribution in [0.4, 0.5) is 13.2 Å². The Hall–Kier alpha value is -1.88. The van der Waals surface area contributed by atoms with Crippen LogP contribution in [0.5, 0.6) is 0 Å². The van der Waals surface area contributed by atoms with Crippen molar-refractivity contribution in [2.75, 3.05) is 0 Å². The molecule has 0 bridgehead atoms. The maximum Gasteiger partial charge on any atom is 0.416 e. The zero-order chi connectivity index (χ0) is 19.3. The summed E-state index contributed by atoms with van der Waals surface area (Å²) < 4.78 is 38.2. The van der Waals surface area contributed by atoms with Gasteiger partial charge in [0.1, 0.15) is 0 Å². The third kappa shape index (κ3) is 3.38. The summed E-state index contributed by atoms with van der Waals surface area (Å²) in [6.07, 6.45) is 0.0721. The van der Waals surface area contributed by atoms with Crippen LogP contribution in [0.3, 0.4) is 0 Å². The molecule has 0 spiro atoms. The van der Waals surface area contributed by atoms with Gasteiger partial charge in [0, 0.05) is 17.4 Å². The van der Waals surface area contributed by atoms with E-state index in [2.05, 4.69) is 26.8 Å². The van der Waals surface area contributed by atoms with Crippen molar-refractivity contribution in [3.63, 3.8) is 0 Å². The first-order valence-corrected chi connectivity index (χ1v) is 10.2. The normalized spacial score (nSPS) is 24.7. The lowest BCUT2D eigenvalue weighted by atomic mass is 9.93. The SMILES string of the molecule is CCC1=C(C)C2C(Cc3nc(-c4ccc(C(F)(F)F)cc4)cs3)C2C(C)=C1. The molecule has 1 aromatic heterocycles. The quantitative estimate of drug-likeness (QED) is 0.553. The standard InChI is InChI=1S/C22H22F3NS/c1-4-14-9-12(2)20-17(21(20)13(14)3)10-19-26-18(11-27-19)15-5-7-16(8-6-15)22(23,24)25/h5-9,11,17,20-21H,4,10H2,1-3H3. The van der Waals surface area contributed by atoms with Crippen molar-refractivity contribution in [3.05, 3.63) is 63.0 Å². The second-order valence-corrected chi connectivity index (χ2v) is 8.51. The summed E-state index contributed by atoms with van der Waals surface area (Å²) in [5, 5.41) is 3.02. The van der Waals surface area contributed by atoms with Crippen molar-refractivity contribution in [3.8, 4) is 11.3 Å². The van der Waals surface area contributed by atoms with Gasteiger partial charge in [-0.1, -0.05) is 36.3 Å². The Morgan fingerprint density at radius 3 is 2.41 bits per heavy atom. The monoisotopic (exact) mass is 389 g/mol. The number of fused-ring (bicyclic) bond motifs is 1. The number of thiazole rings is 1. The number of halogens is 3. The highest BCUT2D eigenvalue weighted by Gasteiger charge is 2.53. The minimum Gasteiger partial charge on any atom is -0.241 e. The molecule has 5 heteroatoms. The molecular formula is C22H22F3NS. The molecule has 2 aromatic rings. The van der Waals surface area contributed by atoms with E-state index in [0.717, 1.165) is 41.2 Å². The van der Waals surface area contributed by atoms with Crippen LogP contribution in [0.15, 0.2) is 52.4 Å². The summed E-state index contributed by atoms with van der Waals surface area (Å²) in [6, 6.07) is 5.26. The summed E-state index contributed by atoms with van der Waals surface area (Å²) in [4.78, 5) is 4.70. The van der Waals surface area contributed by atoms with Crippen LogP contribution in [0, 0.1) is 17.8 Å². The second-order valence-electron chi connectivity index (χ2n) is 7.57. The molecule has 0 aliphatic heterocycles. The molecule has 0 radical (unpaired) electrons. The maximum absolute atomic E-state index is 12.7. The first-order valence-electron chi connectivity index (χ1n) is 9.29. The summed E-state index contributed by atoms with van der Waals surface area (Å²) in [7, 11) is 0. The van der Waals surface area contributed by atoms with E-state index < -0.39 is 11.7 Å². The molecule has 0 amide bonds. The van der Waals surface area contributed by atoms with Crippen LogP contribution in [-0.2, 0) is 12.6 Å². The molecular weight excluding hydrogens is 367 g/mol. The molecule has 1 heterocycles. The van der Waals surface area contributed by atoms with E-state index in [9.17, 15) is 13.2 Å². The van der Waals surface area contributed by atoms with Crippen LogP contribution in [0.1, 0.15) is 37.8 Å². The van der Waals surface area contributed by atoms with Gasteiger partial charge >= 0.3 is 6.18 Å². The molecule has 27 heavy (non-hydrogen) atoms. The number of hydrogen-bond acceptors (Lipinski definition) is 2. The highest BCUT2D eigenvalue weighted by Crippen LogP contribution is 2.59. The predicted octanol–water partition coefficient (Wildman–Crippen LogP) is 6.92. The fourth-order valence-electron chi connectivity index (χ4n) is 4.49. The Morgan fingerprint density at radius 2 is 1.78 bits per heavy atom.